The van der Waals surface area contributed by atoms with Crippen LogP contribution in [-0.2, 0) is 0 Å². The molecule has 200 valence electrons. The fourth-order valence-corrected chi connectivity index (χ4v) is 4.70. The van der Waals surface area contributed by atoms with Crippen LogP contribution in [0.5, 0.6) is 11.5 Å². The van der Waals surface area contributed by atoms with Crippen molar-refractivity contribution < 1.29 is 18.8 Å². The van der Waals surface area contributed by atoms with Crippen molar-refractivity contribution in [2.24, 2.45) is 0 Å². The minimum atomic E-state index is -0.333. The van der Waals surface area contributed by atoms with E-state index < -0.39 is 0 Å². The first-order chi connectivity index (χ1) is 18.9. The van der Waals surface area contributed by atoms with Gasteiger partial charge in [0.15, 0.2) is 0 Å². The maximum atomic E-state index is 13.0. The third kappa shape index (κ3) is 6.04. The highest BCUT2D eigenvalue weighted by atomic mass is 16.5. The zero-order chi connectivity index (χ0) is 27.4. The van der Waals surface area contributed by atoms with Crippen molar-refractivity contribution in [1.29, 1.82) is 0 Å². The van der Waals surface area contributed by atoms with E-state index in [1.165, 1.54) is 0 Å². The molecule has 1 aliphatic heterocycles. The first-order valence-corrected chi connectivity index (χ1v) is 12.8. The number of aryl methyl sites for hydroxylation is 2. The van der Waals surface area contributed by atoms with Crippen LogP contribution in [0.1, 0.15) is 28.2 Å². The molecule has 9 nitrogen and oxygen atoms in total. The summed E-state index contributed by atoms with van der Waals surface area (Å²) < 4.78 is 11.0. The van der Waals surface area contributed by atoms with Crippen LogP contribution in [0.15, 0.2) is 83.4 Å². The average Bonchev–Trinajstić information content (AvgIpc) is 3.56. The second-order valence-corrected chi connectivity index (χ2v) is 9.57. The van der Waals surface area contributed by atoms with E-state index in [1.54, 1.807) is 43.0 Å². The largest absolute Gasteiger partial charge is 0.457 e. The van der Waals surface area contributed by atoms with Gasteiger partial charge in [-0.2, -0.15) is 0 Å². The highest BCUT2D eigenvalue weighted by Crippen LogP contribution is 2.26. The number of urea groups is 1. The molecule has 0 aliphatic carbocycles. The number of aromatic nitrogens is 1. The molecule has 0 radical (unpaired) electrons. The number of hydrogen-bond acceptors (Lipinski definition) is 6. The topological polar surface area (TPSA) is 99.9 Å². The van der Waals surface area contributed by atoms with E-state index >= 15 is 0 Å². The van der Waals surface area contributed by atoms with Crippen LogP contribution in [0.3, 0.4) is 0 Å². The Hall–Kier alpha value is -4.79. The van der Waals surface area contributed by atoms with Crippen LogP contribution in [0.25, 0.3) is 0 Å². The third-order valence-corrected chi connectivity index (χ3v) is 6.86. The summed E-state index contributed by atoms with van der Waals surface area (Å²) in [5.41, 5.74) is 3.53. The zero-order valence-corrected chi connectivity index (χ0v) is 22.2. The summed E-state index contributed by atoms with van der Waals surface area (Å²) in [6.45, 7) is 5.10. The van der Waals surface area contributed by atoms with Gasteiger partial charge in [-0.15, -0.1) is 0 Å². The molecule has 1 aromatic heterocycles. The van der Waals surface area contributed by atoms with E-state index in [0.29, 0.717) is 34.1 Å². The van der Waals surface area contributed by atoms with Crippen molar-refractivity contribution in [3.63, 3.8) is 0 Å². The second kappa shape index (κ2) is 11.3. The molecule has 3 amide bonds. The normalized spacial score (nSPS) is 14.6. The number of nitrogens with zero attached hydrogens (tertiary/aromatic N) is 3. The summed E-state index contributed by atoms with van der Waals surface area (Å²) in [4.78, 5) is 29.5. The van der Waals surface area contributed by atoms with Crippen LogP contribution in [0, 0.1) is 13.8 Å². The molecule has 3 aromatic carbocycles. The number of rotatable bonds is 7. The lowest BCUT2D eigenvalue weighted by Crippen LogP contribution is -2.39. The number of likely N-dealkylation sites (N-methyl/N-ethyl adjacent to an activating group) is 1. The summed E-state index contributed by atoms with van der Waals surface area (Å²) in [5.74, 6) is 1.91. The van der Waals surface area contributed by atoms with Crippen molar-refractivity contribution in [2.45, 2.75) is 26.3 Å². The van der Waals surface area contributed by atoms with Gasteiger partial charge < -0.3 is 29.7 Å². The summed E-state index contributed by atoms with van der Waals surface area (Å²) in [6.07, 6.45) is 0.864. The molecule has 2 heterocycles. The van der Waals surface area contributed by atoms with Crippen molar-refractivity contribution in [3.05, 3.63) is 95.9 Å². The molecule has 0 bridgehead atoms. The van der Waals surface area contributed by atoms with Crippen molar-refractivity contribution in [3.8, 4) is 11.5 Å². The number of carbonyl (C=O) groups is 2. The summed E-state index contributed by atoms with van der Waals surface area (Å²) in [5, 5.41) is 9.60. The van der Waals surface area contributed by atoms with Gasteiger partial charge in [-0.3, -0.25) is 4.79 Å². The molecule has 0 spiro atoms. The van der Waals surface area contributed by atoms with Gasteiger partial charge in [0.05, 0.1) is 11.7 Å². The molecule has 0 saturated carbocycles. The highest BCUT2D eigenvalue weighted by Gasteiger charge is 2.31. The lowest BCUT2D eigenvalue weighted by molar-refractivity contribution is 0.0742. The minimum Gasteiger partial charge on any atom is -0.457 e. The van der Waals surface area contributed by atoms with Crippen LogP contribution in [-0.4, -0.2) is 48.2 Å². The molecule has 2 N–H and O–H groups in total. The van der Waals surface area contributed by atoms with Gasteiger partial charge in [-0.1, -0.05) is 23.4 Å². The van der Waals surface area contributed by atoms with Crippen LogP contribution in [0.2, 0.25) is 0 Å². The molecule has 39 heavy (non-hydrogen) atoms. The molecule has 5 rings (SSSR count). The predicted molar refractivity (Wildman–Crippen MR) is 151 cm³/mol. The van der Waals surface area contributed by atoms with Crippen LogP contribution < -0.4 is 20.3 Å². The molecule has 1 saturated heterocycles. The summed E-state index contributed by atoms with van der Waals surface area (Å²) in [7, 11) is 1.83. The fraction of sp³-hybridized carbons (Fsp3) is 0.233. The van der Waals surface area contributed by atoms with Crippen molar-refractivity contribution in [2.75, 3.05) is 35.7 Å². The standard InChI is InChI=1S/C30H31N5O4/c1-20-28(21(2)39-33-20)29(36)34(3)25-17-18-35(19-25)24-13-9-22(10-14-24)31-30(37)32-23-11-15-27(16-12-23)38-26-7-5-4-6-8-26/h4-16,25H,17-19H2,1-3H3,(H2,31,32,37). The maximum Gasteiger partial charge on any atom is 0.323 e. The molecule has 1 aliphatic rings. The van der Waals surface area contributed by atoms with Gasteiger partial charge in [0.25, 0.3) is 5.91 Å². The minimum absolute atomic E-state index is 0.0676. The third-order valence-electron chi connectivity index (χ3n) is 6.86. The van der Waals surface area contributed by atoms with E-state index in [1.807, 2.05) is 61.6 Å². The molecule has 9 heteroatoms. The molecule has 1 unspecified atom stereocenters. The number of nitrogens with one attached hydrogen (secondary N) is 2. The van der Waals surface area contributed by atoms with Gasteiger partial charge >= 0.3 is 6.03 Å². The quantitative estimate of drug-likeness (QED) is 0.303. The van der Waals surface area contributed by atoms with Gasteiger partial charge in [0.1, 0.15) is 22.8 Å². The number of anilines is 3. The molecular formula is C30H31N5O4. The van der Waals surface area contributed by atoms with Crippen LogP contribution in [0.4, 0.5) is 21.9 Å². The Morgan fingerprint density at radius 2 is 1.54 bits per heavy atom. The van der Waals surface area contributed by atoms with Gasteiger partial charge in [0.2, 0.25) is 0 Å². The fourth-order valence-electron chi connectivity index (χ4n) is 4.70. The zero-order valence-electron chi connectivity index (χ0n) is 22.2. The Balaban J connectivity index is 1.12. The average molecular weight is 526 g/mol. The number of hydrogen-bond donors (Lipinski definition) is 2. The van der Waals surface area contributed by atoms with E-state index in [2.05, 4.69) is 20.7 Å². The van der Waals surface area contributed by atoms with Crippen molar-refractivity contribution in [1.82, 2.24) is 10.1 Å². The van der Waals surface area contributed by atoms with E-state index in [4.69, 9.17) is 9.26 Å². The van der Waals surface area contributed by atoms with Crippen molar-refractivity contribution >= 4 is 29.0 Å². The number of para-hydroxylation sites is 1. The number of carbonyl (C=O) groups excluding carboxylic acids is 2. The monoisotopic (exact) mass is 525 g/mol. The Bertz CT molecular complexity index is 1420. The predicted octanol–water partition coefficient (Wildman–Crippen LogP) is 6.08. The van der Waals surface area contributed by atoms with Gasteiger partial charge in [0, 0.05) is 37.2 Å². The molecular weight excluding hydrogens is 494 g/mol. The molecule has 1 fully saturated rings. The molecule has 1 atom stereocenters. The first-order valence-electron chi connectivity index (χ1n) is 12.8. The smallest absolute Gasteiger partial charge is 0.323 e. The molecule has 4 aromatic rings. The highest BCUT2D eigenvalue weighted by molar-refractivity contribution is 6.00. The maximum absolute atomic E-state index is 13.0. The van der Waals surface area contributed by atoms with E-state index in [-0.39, 0.29) is 18.0 Å². The SMILES string of the molecule is Cc1noc(C)c1C(=O)N(C)C1CCN(c2ccc(NC(=O)Nc3ccc(Oc4ccccc4)cc3)cc2)C1. The Morgan fingerprint density at radius 1 is 0.923 bits per heavy atom. The lowest BCUT2D eigenvalue weighted by atomic mass is 10.1. The van der Waals surface area contributed by atoms with E-state index in [9.17, 15) is 9.59 Å². The van der Waals surface area contributed by atoms with Gasteiger partial charge in [-0.25, -0.2) is 4.79 Å². The Morgan fingerprint density at radius 3 is 2.15 bits per heavy atom. The first kappa shape index (κ1) is 25.8. The van der Waals surface area contributed by atoms with E-state index in [0.717, 1.165) is 30.9 Å². The number of amides is 3. The summed E-state index contributed by atoms with van der Waals surface area (Å²) >= 11 is 0. The Kier molecular flexibility index (Phi) is 7.49. The lowest BCUT2D eigenvalue weighted by Gasteiger charge is -2.25. The second-order valence-electron chi connectivity index (χ2n) is 9.57. The summed E-state index contributed by atoms with van der Waals surface area (Å²) in [6, 6.07) is 24.2. The number of benzene rings is 3. The Labute approximate surface area is 227 Å². The van der Waals surface area contributed by atoms with Crippen LogP contribution >= 0.6 is 0 Å². The number of ether oxygens (including phenoxy) is 1. The van der Waals surface area contributed by atoms with Gasteiger partial charge in [-0.05, 0) is 80.9 Å².